The van der Waals surface area contributed by atoms with Crippen LogP contribution in [-0.2, 0) is 14.9 Å². The number of rotatable bonds is 5. The van der Waals surface area contributed by atoms with E-state index in [1.54, 1.807) is 12.1 Å². The van der Waals surface area contributed by atoms with Crippen molar-refractivity contribution >= 4 is 16.1 Å². The van der Waals surface area contributed by atoms with Crippen LogP contribution < -0.4 is 10.2 Å². The maximum absolute atomic E-state index is 11.8. The van der Waals surface area contributed by atoms with Crippen LogP contribution in [0.1, 0.15) is 18.9 Å². The highest BCUT2D eigenvalue weighted by atomic mass is 32.2. The van der Waals surface area contributed by atoms with E-state index in [1.165, 1.54) is 12.1 Å². The van der Waals surface area contributed by atoms with Crippen LogP contribution in [0.5, 0.6) is 0 Å². The first-order chi connectivity index (χ1) is 8.45. The zero-order valence-electron chi connectivity index (χ0n) is 10.3. The van der Waals surface area contributed by atoms with Crippen LogP contribution in [0.3, 0.4) is 0 Å². The van der Waals surface area contributed by atoms with Crippen LogP contribution in [-0.4, -0.2) is 21.1 Å². The van der Waals surface area contributed by atoms with Crippen molar-refractivity contribution in [2.45, 2.75) is 25.2 Å². The lowest BCUT2D eigenvalue weighted by molar-refractivity contribution is 0.0636. The Morgan fingerprint density at radius 3 is 2.44 bits per heavy atom. The van der Waals surface area contributed by atoms with Gasteiger partial charge in [0.25, 0.3) is 10.0 Å². The molecule has 6 nitrogen and oxygen atoms in total. The summed E-state index contributed by atoms with van der Waals surface area (Å²) < 4.78 is 25.4. The summed E-state index contributed by atoms with van der Waals surface area (Å²) in [4.78, 5) is 16.0. The summed E-state index contributed by atoms with van der Waals surface area (Å²) >= 11 is 0. The summed E-state index contributed by atoms with van der Waals surface area (Å²) in [6.45, 7) is 4.02. The Kier molecular flexibility index (Phi) is 5.11. The second kappa shape index (κ2) is 6.36. The standard InChI is InChI=1S/C11H16N2O4S/c1-3-8-17-12-11(14)13-18(15,16)10-6-4-9(2)5-7-10/h4-7H,3,8H2,1-2H3,(H2,12,13,14). The third-order valence-electron chi connectivity index (χ3n) is 2.03. The van der Waals surface area contributed by atoms with Gasteiger partial charge in [-0.25, -0.2) is 23.4 Å². The number of hydrogen-bond acceptors (Lipinski definition) is 4. The molecule has 0 saturated carbocycles. The van der Waals surface area contributed by atoms with Gasteiger partial charge in [-0.2, -0.15) is 0 Å². The molecule has 0 unspecified atom stereocenters. The average Bonchev–Trinajstić information content (AvgIpc) is 2.29. The van der Waals surface area contributed by atoms with Gasteiger partial charge in [0.15, 0.2) is 0 Å². The van der Waals surface area contributed by atoms with E-state index in [-0.39, 0.29) is 4.90 Å². The molecule has 1 aromatic rings. The van der Waals surface area contributed by atoms with Crippen molar-refractivity contribution in [1.29, 1.82) is 0 Å². The number of benzene rings is 1. The van der Waals surface area contributed by atoms with Crippen LogP contribution in [0, 0.1) is 6.92 Å². The fraction of sp³-hybridized carbons (Fsp3) is 0.364. The van der Waals surface area contributed by atoms with Gasteiger partial charge in [0.2, 0.25) is 0 Å². The molecule has 18 heavy (non-hydrogen) atoms. The Morgan fingerprint density at radius 1 is 1.28 bits per heavy atom. The predicted molar refractivity (Wildman–Crippen MR) is 66.3 cm³/mol. The second-order valence-corrected chi connectivity index (χ2v) is 5.38. The molecule has 0 aliphatic heterocycles. The number of amides is 2. The summed E-state index contributed by atoms with van der Waals surface area (Å²) in [5, 5.41) is 0. The molecule has 0 bridgehead atoms. The third-order valence-corrected chi connectivity index (χ3v) is 3.38. The predicted octanol–water partition coefficient (Wildman–Crippen LogP) is 1.32. The van der Waals surface area contributed by atoms with Crippen molar-refractivity contribution in [3.63, 3.8) is 0 Å². The molecule has 0 aromatic heterocycles. The Labute approximate surface area is 106 Å². The van der Waals surface area contributed by atoms with E-state index in [0.717, 1.165) is 5.56 Å². The molecule has 1 aromatic carbocycles. The van der Waals surface area contributed by atoms with Crippen molar-refractivity contribution in [3.05, 3.63) is 29.8 Å². The molecular formula is C11H16N2O4S. The number of nitrogens with one attached hydrogen (secondary N) is 2. The molecule has 100 valence electrons. The van der Waals surface area contributed by atoms with Gasteiger partial charge in [-0.3, -0.25) is 4.84 Å². The minimum Gasteiger partial charge on any atom is -0.272 e. The minimum atomic E-state index is -3.86. The van der Waals surface area contributed by atoms with Gasteiger partial charge in [-0.15, -0.1) is 0 Å². The number of hydrogen-bond donors (Lipinski definition) is 2. The van der Waals surface area contributed by atoms with Crippen LogP contribution in [0.25, 0.3) is 0 Å². The van der Waals surface area contributed by atoms with Crippen molar-refractivity contribution in [2.75, 3.05) is 6.61 Å². The van der Waals surface area contributed by atoms with Gasteiger partial charge in [0.05, 0.1) is 11.5 Å². The Morgan fingerprint density at radius 2 is 1.89 bits per heavy atom. The molecule has 0 spiro atoms. The fourth-order valence-electron chi connectivity index (χ4n) is 1.14. The van der Waals surface area contributed by atoms with Gasteiger partial charge in [-0.1, -0.05) is 24.6 Å². The topological polar surface area (TPSA) is 84.5 Å². The van der Waals surface area contributed by atoms with E-state index < -0.39 is 16.1 Å². The largest absolute Gasteiger partial charge is 0.352 e. The molecule has 1 rings (SSSR count). The van der Waals surface area contributed by atoms with E-state index in [1.807, 2.05) is 24.0 Å². The molecule has 0 saturated heterocycles. The average molecular weight is 272 g/mol. The minimum absolute atomic E-state index is 0.0266. The van der Waals surface area contributed by atoms with Crippen LogP contribution >= 0.6 is 0 Å². The number of aryl methyl sites for hydroxylation is 1. The van der Waals surface area contributed by atoms with E-state index in [2.05, 4.69) is 0 Å². The Balaban J connectivity index is 2.64. The molecule has 2 N–H and O–H groups in total. The molecule has 0 radical (unpaired) electrons. The maximum atomic E-state index is 11.8. The highest BCUT2D eigenvalue weighted by Gasteiger charge is 2.17. The normalized spacial score (nSPS) is 11.0. The lowest BCUT2D eigenvalue weighted by Gasteiger charge is -2.08. The monoisotopic (exact) mass is 272 g/mol. The molecule has 2 amide bonds. The smallest absolute Gasteiger partial charge is 0.272 e. The first-order valence-corrected chi connectivity index (χ1v) is 6.95. The van der Waals surface area contributed by atoms with E-state index in [9.17, 15) is 13.2 Å². The molecule has 0 aliphatic rings. The highest BCUT2D eigenvalue weighted by Crippen LogP contribution is 2.09. The zero-order chi connectivity index (χ0) is 13.6. The summed E-state index contributed by atoms with van der Waals surface area (Å²) in [7, 11) is -3.86. The third kappa shape index (κ3) is 4.34. The summed E-state index contributed by atoms with van der Waals surface area (Å²) in [5.74, 6) is 0. The quantitative estimate of drug-likeness (QED) is 0.625. The van der Waals surface area contributed by atoms with Gasteiger partial charge >= 0.3 is 6.03 Å². The summed E-state index contributed by atoms with van der Waals surface area (Å²) in [6, 6.07) is 5.25. The van der Waals surface area contributed by atoms with Crippen LogP contribution in [0.15, 0.2) is 29.2 Å². The maximum Gasteiger partial charge on any atom is 0.352 e. The number of carbonyl (C=O) groups is 1. The second-order valence-electron chi connectivity index (χ2n) is 3.70. The van der Waals surface area contributed by atoms with E-state index >= 15 is 0 Å². The first kappa shape index (κ1) is 14.5. The Bertz CT molecular complexity index is 496. The van der Waals surface area contributed by atoms with E-state index in [4.69, 9.17) is 4.84 Å². The highest BCUT2D eigenvalue weighted by molar-refractivity contribution is 7.90. The van der Waals surface area contributed by atoms with Crippen molar-refractivity contribution in [1.82, 2.24) is 10.2 Å². The molecule has 0 heterocycles. The van der Waals surface area contributed by atoms with E-state index in [0.29, 0.717) is 13.0 Å². The molecule has 7 heteroatoms. The zero-order valence-corrected chi connectivity index (χ0v) is 11.1. The number of sulfonamides is 1. The molecule has 0 fully saturated rings. The van der Waals surface area contributed by atoms with Crippen molar-refractivity contribution in [3.8, 4) is 0 Å². The number of carbonyl (C=O) groups excluding carboxylic acids is 1. The number of urea groups is 1. The lowest BCUT2D eigenvalue weighted by atomic mass is 10.2. The van der Waals surface area contributed by atoms with Crippen molar-refractivity contribution in [2.24, 2.45) is 0 Å². The molecular weight excluding hydrogens is 256 g/mol. The van der Waals surface area contributed by atoms with Crippen molar-refractivity contribution < 1.29 is 18.0 Å². The van der Waals surface area contributed by atoms with Gasteiger partial charge in [-0.05, 0) is 25.5 Å². The fourth-order valence-corrected chi connectivity index (χ4v) is 2.04. The van der Waals surface area contributed by atoms with Gasteiger partial charge in [0.1, 0.15) is 0 Å². The molecule has 0 aliphatic carbocycles. The SMILES string of the molecule is CCCONC(=O)NS(=O)(=O)c1ccc(C)cc1. The lowest BCUT2D eigenvalue weighted by Crippen LogP contribution is -2.39. The van der Waals surface area contributed by atoms with Gasteiger partial charge in [0, 0.05) is 0 Å². The molecule has 0 atom stereocenters. The van der Waals surface area contributed by atoms with Gasteiger partial charge < -0.3 is 0 Å². The first-order valence-electron chi connectivity index (χ1n) is 5.47. The summed E-state index contributed by atoms with van der Waals surface area (Å²) in [6.07, 6.45) is 0.713. The Hall–Kier alpha value is -1.60. The van der Waals surface area contributed by atoms with Crippen LogP contribution in [0.2, 0.25) is 0 Å². The van der Waals surface area contributed by atoms with Crippen LogP contribution in [0.4, 0.5) is 4.79 Å². The summed E-state index contributed by atoms with van der Waals surface area (Å²) in [5.41, 5.74) is 2.93. The number of hydroxylamine groups is 1.